The van der Waals surface area contributed by atoms with Crippen molar-refractivity contribution in [1.82, 2.24) is 4.31 Å². The number of para-hydroxylation sites is 1. The Balaban J connectivity index is 1.66. The summed E-state index contributed by atoms with van der Waals surface area (Å²) < 4.78 is 27.5. The van der Waals surface area contributed by atoms with Crippen LogP contribution in [-0.4, -0.2) is 38.6 Å². The molecule has 0 aliphatic carbocycles. The van der Waals surface area contributed by atoms with Gasteiger partial charge in [-0.05, 0) is 36.6 Å². The number of anilines is 1. The number of allylic oxidation sites excluding steroid dienone is 2. The number of hydrogen-bond acceptors (Lipinski definition) is 4. The van der Waals surface area contributed by atoms with E-state index in [2.05, 4.69) is 19.9 Å². The van der Waals surface area contributed by atoms with Crippen LogP contribution in [0.2, 0.25) is 0 Å². The van der Waals surface area contributed by atoms with Crippen molar-refractivity contribution in [2.24, 2.45) is 0 Å². The highest BCUT2D eigenvalue weighted by atomic mass is 32.2. The molecule has 1 fully saturated rings. The second-order valence-electron chi connectivity index (χ2n) is 8.59. The minimum atomic E-state index is -3.57. The lowest BCUT2D eigenvalue weighted by Gasteiger charge is -2.26. The number of sulfonamides is 1. The summed E-state index contributed by atoms with van der Waals surface area (Å²) in [4.78, 5) is 15.4. The van der Waals surface area contributed by atoms with Gasteiger partial charge in [-0.2, -0.15) is 4.31 Å². The highest BCUT2D eigenvalue weighted by Gasteiger charge is 2.38. The van der Waals surface area contributed by atoms with E-state index in [4.69, 9.17) is 0 Å². The second kappa shape index (κ2) is 7.67. The average molecular weight is 425 g/mol. The first-order valence-electron chi connectivity index (χ1n) is 10.4. The molecule has 0 radical (unpaired) electrons. The third-order valence-electron chi connectivity index (χ3n) is 6.28. The van der Waals surface area contributed by atoms with Crippen LogP contribution >= 0.6 is 0 Å². The third kappa shape index (κ3) is 3.48. The summed E-state index contributed by atoms with van der Waals surface area (Å²) in [6.45, 7) is 5.29. The van der Waals surface area contributed by atoms with Crippen LogP contribution in [0, 0.1) is 0 Å². The molecule has 0 unspecified atom stereocenters. The van der Waals surface area contributed by atoms with Gasteiger partial charge in [0.1, 0.15) is 0 Å². The van der Waals surface area contributed by atoms with Gasteiger partial charge in [0.25, 0.3) is 0 Å². The molecular formula is C24H28N2O3S. The molecule has 0 spiro atoms. The summed E-state index contributed by atoms with van der Waals surface area (Å²) in [7, 11) is -1.61. The summed E-state index contributed by atoms with van der Waals surface area (Å²) in [5.74, 6) is -0.187. The third-order valence-corrected chi connectivity index (χ3v) is 8.17. The molecule has 2 aliphatic rings. The second-order valence-corrected chi connectivity index (χ2v) is 10.5. The lowest BCUT2D eigenvalue weighted by Crippen LogP contribution is -2.35. The Kier molecular flexibility index (Phi) is 5.32. The topological polar surface area (TPSA) is 57.7 Å². The Morgan fingerprint density at radius 2 is 1.70 bits per heavy atom. The summed E-state index contributed by atoms with van der Waals surface area (Å²) in [5.41, 5.74) is 3.24. The molecule has 0 bridgehead atoms. The Labute approximate surface area is 179 Å². The Hall–Kier alpha value is -2.44. The van der Waals surface area contributed by atoms with E-state index in [-0.39, 0.29) is 16.1 Å². The quantitative estimate of drug-likeness (QED) is 0.541. The molecule has 0 aromatic heterocycles. The SMILES string of the molecule is CN1C(=CC(=O)c2cccc(S(=O)(=O)N3CCCCC3)c2)C(C)(C)c2ccccc21. The van der Waals surface area contributed by atoms with Gasteiger partial charge in [0.15, 0.2) is 5.78 Å². The smallest absolute Gasteiger partial charge is 0.243 e. The van der Waals surface area contributed by atoms with Crippen LogP contribution in [0.4, 0.5) is 5.69 Å². The van der Waals surface area contributed by atoms with E-state index in [0.29, 0.717) is 18.7 Å². The van der Waals surface area contributed by atoms with E-state index in [9.17, 15) is 13.2 Å². The Morgan fingerprint density at radius 1 is 1.00 bits per heavy atom. The van der Waals surface area contributed by atoms with Gasteiger partial charge in [0.2, 0.25) is 10.0 Å². The van der Waals surface area contributed by atoms with Gasteiger partial charge in [0, 0.05) is 48.6 Å². The van der Waals surface area contributed by atoms with Crippen molar-refractivity contribution in [2.75, 3.05) is 25.0 Å². The minimum Gasteiger partial charge on any atom is -0.347 e. The molecule has 2 aromatic rings. The summed E-state index contributed by atoms with van der Waals surface area (Å²) in [6.07, 6.45) is 4.47. The summed E-state index contributed by atoms with van der Waals surface area (Å²) in [6, 6.07) is 14.6. The number of likely N-dealkylation sites (N-methyl/N-ethyl adjacent to an activating group) is 1. The number of nitrogens with zero attached hydrogens (tertiary/aromatic N) is 2. The van der Waals surface area contributed by atoms with E-state index < -0.39 is 10.0 Å². The standard InChI is InChI=1S/C24H28N2O3S/c1-24(2)20-12-5-6-13-21(20)25(3)23(24)17-22(27)18-10-9-11-19(16-18)30(28,29)26-14-7-4-8-15-26/h5-6,9-13,16-17H,4,7-8,14-15H2,1-3H3. The highest BCUT2D eigenvalue weighted by Crippen LogP contribution is 2.46. The van der Waals surface area contributed by atoms with Crippen molar-refractivity contribution < 1.29 is 13.2 Å². The largest absolute Gasteiger partial charge is 0.347 e. The summed E-state index contributed by atoms with van der Waals surface area (Å²) in [5, 5.41) is 0. The van der Waals surface area contributed by atoms with Gasteiger partial charge in [-0.3, -0.25) is 4.79 Å². The number of carbonyl (C=O) groups is 1. The van der Waals surface area contributed by atoms with Crippen molar-refractivity contribution in [3.63, 3.8) is 0 Å². The van der Waals surface area contributed by atoms with Gasteiger partial charge in [-0.15, -0.1) is 0 Å². The molecule has 1 saturated heterocycles. The van der Waals surface area contributed by atoms with Gasteiger partial charge in [-0.1, -0.05) is 50.6 Å². The monoisotopic (exact) mass is 424 g/mol. The Bertz CT molecular complexity index is 1110. The number of carbonyl (C=O) groups excluding carboxylic acids is 1. The van der Waals surface area contributed by atoms with Crippen LogP contribution in [0.1, 0.15) is 49.0 Å². The normalized spacial score (nSPS) is 20.4. The first-order chi connectivity index (χ1) is 14.2. The lowest BCUT2D eigenvalue weighted by molar-refractivity contribution is 0.104. The zero-order chi connectivity index (χ0) is 21.5. The van der Waals surface area contributed by atoms with Gasteiger partial charge in [-0.25, -0.2) is 8.42 Å². The molecule has 2 heterocycles. The fourth-order valence-corrected chi connectivity index (χ4v) is 6.09. The van der Waals surface area contributed by atoms with Crippen LogP contribution in [0.5, 0.6) is 0 Å². The van der Waals surface area contributed by atoms with Crippen LogP contribution in [-0.2, 0) is 15.4 Å². The highest BCUT2D eigenvalue weighted by molar-refractivity contribution is 7.89. The number of fused-ring (bicyclic) bond motifs is 1. The molecule has 0 saturated carbocycles. The van der Waals surface area contributed by atoms with Gasteiger partial charge in [0.05, 0.1) is 4.90 Å². The Morgan fingerprint density at radius 3 is 2.40 bits per heavy atom. The van der Waals surface area contributed by atoms with E-state index in [1.807, 2.05) is 30.1 Å². The molecule has 2 aromatic carbocycles. The predicted molar refractivity (Wildman–Crippen MR) is 119 cm³/mol. The van der Waals surface area contributed by atoms with Crippen molar-refractivity contribution >= 4 is 21.5 Å². The fraction of sp³-hybridized carbons (Fsp3) is 0.375. The molecule has 6 heteroatoms. The fourth-order valence-electron chi connectivity index (χ4n) is 4.53. The maximum atomic E-state index is 13.1. The maximum Gasteiger partial charge on any atom is 0.243 e. The van der Waals surface area contributed by atoms with Gasteiger partial charge < -0.3 is 4.90 Å². The van der Waals surface area contributed by atoms with E-state index in [1.54, 1.807) is 24.3 Å². The van der Waals surface area contributed by atoms with Crippen molar-refractivity contribution in [3.8, 4) is 0 Å². The zero-order valence-electron chi connectivity index (χ0n) is 17.8. The first kappa shape index (κ1) is 20.8. The molecule has 0 N–H and O–H groups in total. The molecule has 2 aliphatic heterocycles. The molecule has 5 nitrogen and oxygen atoms in total. The summed E-state index contributed by atoms with van der Waals surface area (Å²) >= 11 is 0. The lowest BCUT2D eigenvalue weighted by atomic mass is 9.83. The molecule has 0 atom stereocenters. The van der Waals surface area contributed by atoms with Crippen LogP contribution in [0.25, 0.3) is 0 Å². The molecule has 158 valence electrons. The number of ketones is 1. The van der Waals surface area contributed by atoms with E-state index in [1.165, 1.54) is 15.9 Å². The number of hydrogen-bond donors (Lipinski definition) is 0. The van der Waals surface area contributed by atoms with Crippen LogP contribution in [0.3, 0.4) is 0 Å². The number of benzene rings is 2. The minimum absolute atomic E-state index is 0.187. The molecule has 4 rings (SSSR count). The van der Waals surface area contributed by atoms with Crippen LogP contribution in [0.15, 0.2) is 65.2 Å². The van der Waals surface area contributed by atoms with Crippen molar-refractivity contribution in [1.29, 1.82) is 0 Å². The van der Waals surface area contributed by atoms with Crippen molar-refractivity contribution in [3.05, 3.63) is 71.4 Å². The van der Waals surface area contributed by atoms with Crippen LogP contribution < -0.4 is 4.90 Å². The van der Waals surface area contributed by atoms with Crippen molar-refractivity contribution in [2.45, 2.75) is 43.4 Å². The number of rotatable bonds is 4. The molecular weight excluding hydrogens is 396 g/mol. The zero-order valence-corrected chi connectivity index (χ0v) is 18.6. The number of piperidine rings is 1. The average Bonchev–Trinajstić information content (AvgIpc) is 2.95. The first-order valence-corrected chi connectivity index (χ1v) is 11.9. The molecule has 0 amide bonds. The van der Waals surface area contributed by atoms with E-state index >= 15 is 0 Å². The van der Waals surface area contributed by atoms with E-state index in [0.717, 1.165) is 30.6 Å². The predicted octanol–water partition coefficient (Wildman–Crippen LogP) is 4.36. The van der Waals surface area contributed by atoms with Gasteiger partial charge >= 0.3 is 0 Å². The molecule has 30 heavy (non-hydrogen) atoms. The maximum absolute atomic E-state index is 13.1.